The summed E-state index contributed by atoms with van der Waals surface area (Å²) in [6, 6.07) is 0. The van der Waals surface area contributed by atoms with Gasteiger partial charge in [-0.3, -0.25) is 4.57 Å². The molecule has 0 aromatic heterocycles. The molecule has 0 unspecified atom stereocenters. The minimum absolute atomic E-state index is 0.231. The maximum atomic E-state index is 12.8. The van der Waals surface area contributed by atoms with Crippen LogP contribution >= 0.6 is 7.60 Å². The van der Waals surface area contributed by atoms with E-state index in [1.807, 2.05) is 0 Å². The fourth-order valence-corrected chi connectivity index (χ4v) is 4.35. The summed E-state index contributed by atoms with van der Waals surface area (Å²) in [6.07, 6.45) is 1.55. The van der Waals surface area contributed by atoms with Gasteiger partial charge >= 0.3 is 7.60 Å². The van der Waals surface area contributed by atoms with Crippen molar-refractivity contribution < 1.29 is 13.6 Å². The normalized spacial score (nSPS) is 18.9. The van der Waals surface area contributed by atoms with Crippen molar-refractivity contribution in [2.45, 2.75) is 64.4 Å². The monoisotopic (exact) mass is 261 g/mol. The van der Waals surface area contributed by atoms with Crippen LogP contribution in [0.3, 0.4) is 0 Å². The number of rotatable bonds is 6. The fourth-order valence-electron chi connectivity index (χ4n) is 1.78. The Hall–Kier alpha value is -0.540. The van der Waals surface area contributed by atoms with E-state index in [0.717, 1.165) is 6.42 Å². The standard InChI is InChI=1S/C10H20N3O3P/c1-8(2)15-17(14,16-9(3)4)10(12-13-11)6-5-7-10/h8-9H,5-7H2,1-4H3. The molecule has 7 heteroatoms. The van der Waals surface area contributed by atoms with Crippen LogP contribution in [0.4, 0.5) is 0 Å². The van der Waals surface area contributed by atoms with Crippen LogP contribution in [0.2, 0.25) is 0 Å². The highest BCUT2D eigenvalue weighted by Crippen LogP contribution is 2.69. The molecular weight excluding hydrogens is 241 g/mol. The quantitative estimate of drug-likeness (QED) is 0.310. The molecular formula is C10H20N3O3P. The number of hydrogen-bond acceptors (Lipinski definition) is 4. The maximum Gasteiger partial charge on any atom is 0.343 e. The SMILES string of the molecule is CC(C)OP(=O)(OC(C)C)C1(N=[N+]=[N-])CCC1. The van der Waals surface area contributed by atoms with Crippen molar-refractivity contribution in [2.24, 2.45) is 5.11 Å². The molecule has 0 N–H and O–H groups in total. The van der Waals surface area contributed by atoms with Gasteiger partial charge in [0.15, 0.2) is 5.28 Å². The van der Waals surface area contributed by atoms with Crippen molar-refractivity contribution in [3.05, 3.63) is 10.4 Å². The molecule has 0 heterocycles. The van der Waals surface area contributed by atoms with Gasteiger partial charge in [0, 0.05) is 4.91 Å². The molecule has 1 aliphatic carbocycles. The van der Waals surface area contributed by atoms with Gasteiger partial charge in [-0.2, -0.15) is 0 Å². The number of hydrogen-bond donors (Lipinski definition) is 0. The smallest absolute Gasteiger partial charge is 0.305 e. The van der Waals surface area contributed by atoms with E-state index in [1.54, 1.807) is 27.7 Å². The molecule has 0 aromatic carbocycles. The summed E-state index contributed by atoms with van der Waals surface area (Å²) in [4.78, 5) is 2.80. The van der Waals surface area contributed by atoms with Crippen molar-refractivity contribution in [2.75, 3.05) is 0 Å². The first-order valence-electron chi connectivity index (χ1n) is 5.88. The van der Waals surface area contributed by atoms with Crippen molar-refractivity contribution in [1.82, 2.24) is 0 Å². The molecule has 0 radical (unpaired) electrons. The lowest BCUT2D eigenvalue weighted by Crippen LogP contribution is -2.37. The molecule has 98 valence electrons. The zero-order chi connectivity index (χ0) is 13.1. The van der Waals surface area contributed by atoms with E-state index in [1.165, 1.54) is 0 Å². The Balaban J connectivity index is 3.03. The Morgan fingerprint density at radius 1 is 1.24 bits per heavy atom. The van der Waals surface area contributed by atoms with Gasteiger partial charge in [-0.25, -0.2) is 0 Å². The molecule has 1 fully saturated rings. The third-order valence-electron chi connectivity index (χ3n) is 2.59. The Morgan fingerprint density at radius 3 is 1.94 bits per heavy atom. The third-order valence-corrected chi connectivity index (χ3v) is 5.55. The molecule has 0 amide bonds. The van der Waals surface area contributed by atoms with Crippen LogP contribution in [0.25, 0.3) is 10.4 Å². The van der Waals surface area contributed by atoms with Crippen molar-refractivity contribution in [3.63, 3.8) is 0 Å². The van der Waals surface area contributed by atoms with E-state index in [2.05, 4.69) is 10.0 Å². The second kappa shape index (κ2) is 5.40. The van der Waals surface area contributed by atoms with Crippen LogP contribution in [0.5, 0.6) is 0 Å². The van der Waals surface area contributed by atoms with Gasteiger partial charge in [0.1, 0.15) is 0 Å². The Labute approximate surface area is 102 Å². The lowest BCUT2D eigenvalue weighted by molar-refractivity contribution is 0.111. The maximum absolute atomic E-state index is 12.8. The molecule has 6 nitrogen and oxygen atoms in total. The predicted octanol–water partition coefficient (Wildman–Crippen LogP) is 4.22. The molecule has 0 saturated heterocycles. The van der Waals surface area contributed by atoms with Crippen molar-refractivity contribution >= 4 is 7.60 Å². The van der Waals surface area contributed by atoms with Crippen molar-refractivity contribution in [1.29, 1.82) is 0 Å². The largest absolute Gasteiger partial charge is 0.343 e. The van der Waals surface area contributed by atoms with Gasteiger partial charge < -0.3 is 9.05 Å². The molecule has 0 aliphatic heterocycles. The van der Waals surface area contributed by atoms with Gasteiger partial charge in [0.05, 0.1) is 12.2 Å². The Morgan fingerprint density at radius 2 is 1.71 bits per heavy atom. The molecule has 17 heavy (non-hydrogen) atoms. The summed E-state index contributed by atoms with van der Waals surface area (Å²) in [5, 5.41) is 2.72. The molecule has 0 spiro atoms. The van der Waals surface area contributed by atoms with E-state index in [4.69, 9.17) is 14.6 Å². The van der Waals surface area contributed by atoms with Crippen LogP contribution in [-0.2, 0) is 13.6 Å². The molecule has 1 aliphatic rings. The van der Waals surface area contributed by atoms with Gasteiger partial charge in [-0.05, 0) is 46.1 Å². The first-order chi connectivity index (χ1) is 7.85. The number of nitrogens with zero attached hydrogens (tertiary/aromatic N) is 3. The minimum atomic E-state index is -3.40. The highest BCUT2D eigenvalue weighted by atomic mass is 31.2. The first kappa shape index (κ1) is 14.5. The van der Waals surface area contributed by atoms with E-state index < -0.39 is 12.9 Å². The van der Waals surface area contributed by atoms with Crippen LogP contribution < -0.4 is 0 Å². The summed E-state index contributed by atoms with van der Waals surface area (Å²) < 4.78 is 23.8. The van der Waals surface area contributed by atoms with Crippen LogP contribution in [-0.4, -0.2) is 17.5 Å². The predicted molar refractivity (Wildman–Crippen MR) is 65.8 cm³/mol. The van der Waals surface area contributed by atoms with Gasteiger partial charge in [0.25, 0.3) is 0 Å². The van der Waals surface area contributed by atoms with Crippen LogP contribution in [0.15, 0.2) is 5.11 Å². The van der Waals surface area contributed by atoms with Crippen LogP contribution in [0, 0.1) is 0 Å². The lowest BCUT2D eigenvalue weighted by Gasteiger charge is -2.43. The third kappa shape index (κ3) is 3.02. The van der Waals surface area contributed by atoms with E-state index in [0.29, 0.717) is 12.8 Å². The van der Waals surface area contributed by atoms with Gasteiger partial charge in [0.2, 0.25) is 0 Å². The minimum Gasteiger partial charge on any atom is -0.305 e. The average Bonchev–Trinajstić information content (AvgIpc) is 2.07. The Kier molecular flexibility index (Phi) is 4.62. The molecule has 0 bridgehead atoms. The van der Waals surface area contributed by atoms with Gasteiger partial charge in [-0.1, -0.05) is 11.5 Å². The average molecular weight is 261 g/mol. The zero-order valence-electron chi connectivity index (χ0n) is 10.8. The second-order valence-electron chi connectivity index (χ2n) is 4.83. The highest BCUT2D eigenvalue weighted by Gasteiger charge is 2.55. The topological polar surface area (TPSA) is 84.3 Å². The zero-order valence-corrected chi connectivity index (χ0v) is 11.7. The summed E-state index contributed by atoms with van der Waals surface area (Å²) in [5.41, 5.74) is 8.62. The molecule has 1 saturated carbocycles. The molecule has 1 rings (SSSR count). The first-order valence-corrected chi connectivity index (χ1v) is 7.43. The highest BCUT2D eigenvalue weighted by molar-refractivity contribution is 7.55. The molecule has 0 atom stereocenters. The van der Waals surface area contributed by atoms with Crippen LogP contribution in [0.1, 0.15) is 47.0 Å². The number of azide groups is 1. The van der Waals surface area contributed by atoms with E-state index in [9.17, 15) is 4.57 Å². The van der Waals surface area contributed by atoms with E-state index in [-0.39, 0.29) is 12.2 Å². The Bertz CT molecular complexity index is 346. The summed E-state index contributed by atoms with van der Waals surface area (Å²) in [5.74, 6) is 0. The van der Waals surface area contributed by atoms with E-state index >= 15 is 0 Å². The lowest BCUT2D eigenvalue weighted by atomic mass is 9.93. The van der Waals surface area contributed by atoms with Crippen molar-refractivity contribution in [3.8, 4) is 0 Å². The summed E-state index contributed by atoms with van der Waals surface area (Å²) in [6.45, 7) is 7.16. The second-order valence-corrected chi connectivity index (χ2v) is 7.08. The molecule has 0 aromatic rings. The van der Waals surface area contributed by atoms with Gasteiger partial charge in [-0.15, -0.1) is 0 Å². The fraction of sp³-hybridized carbons (Fsp3) is 1.00. The summed E-state index contributed by atoms with van der Waals surface area (Å²) >= 11 is 0. The summed E-state index contributed by atoms with van der Waals surface area (Å²) in [7, 11) is -3.40.